The zero-order chi connectivity index (χ0) is 14.9. The van der Waals surface area contributed by atoms with E-state index >= 15 is 0 Å². The van der Waals surface area contributed by atoms with Crippen LogP contribution in [0.4, 0.5) is 0 Å². The molecular weight excluding hydrogens is 258 g/mol. The van der Waals surface area contributed by atoms with Gasteiger partial charge in [-0.15, -0.1) is 0 Å². The number of aromatic amines is 1. The number of amides is 1. The van der Waals surface area contributed by atoms with E-state index in [1.54, 1.807) is 20.8 Å². The fourth-order valence-electron chi connectivity index (χ4n) is 2.14. The van der Waals surface area contributed by atoms with Gasteiger partial charge in [0.1, 0.15) is 11.4 Å². The van der Waals surface area contributed by atoms with Crippen LogP contribution in [0.2, 0.25) is 0 Å². The van der Waals surface area contributed by atoms with Crippen LogP contribution in [-0.4, -0.2) is 33.1 Å². The number of aryl methyl sites for hydroxylation is 1. The monoisotopic (exact) mass is 279 g/mol. The lowest BCUT2D eigenvalue weighted by Crippen LogP contribution is -2.46. The first-order chi connectivity index (χ1) is 9.34. The van der Waals surface area contributed by atoms with Crippen LogP contribution in [0, 0.1) is 6.92 Å². The minimum Gasteiger partial charge on any atom is -0.396 e. The fourth-order valence-corrected chi connectivity index (χ4v) is 2.14. The molecule has 0 unspecified atom stereocenters. The van der Waals surface area contributed by atoms with E-state index in [2.05, 4.69) is 15.3 Å². The van der Waals surface area contributed by atoms with Crippen molar-refractivity contribution in [3.63, 3.8) is 0 Å². The second-order valence-corrected chi connectivity index (χ2v) is 6.00. The smallest absolute Gasteiger partial charge is 0.264 e. The maximum Gasteiger partial charge on any atom is 0.264 e. The highest BCUT2D eigenvalue weighted by Gasteiger charge is 2.29. The minimum atomic E-state index is -0.570. The summed E-state index contributed by atoms with van der Waals surface area (Å²) >= 11 is 0. The molecule has 0 atom stereocenters. The molecule has 2 rings (SSSR count). The van der Waals surface area contributed by atoms with Gasteiger partial charge in [-0.3, -0.25) is 9.59 Å². The van der Waals surface area contributed by atoms with Crippen molar-refractivity contribution in [1.82, 2.24) is 15.3 Å². The molecular formula is C14H21N3O3. The van der Waals surface area contributed by atoms with Crippen molar-refractivity contribution < 1.29 is 9.90 Å². The number of carbonyl (C=O) groups is 1. The molecule has 20 heavy (non-hydrogen) atoms. The van der Waals surface area contributed by atoms with Crippen LogP contribution >= 0.6 is 0 Å². The standard InChI is InChI=1S/C14H21N3O3/c1-8-10(13(20)17-14(2,3)6-7-18)12(19)16-11(15-8)9-4-5-9/h9,18H,4-7H2,1-3H3,(H,17,20)(H,15,16,19). The molecule has 1 saturated carbocycles. The zero-order valence-electron chi connectivity index (χ0n) is 12.1. The second-order valence-electron chi connectivity index (χ2n) is 6.00. The van der Waals surface area contributed by atoms with Crippen molar-refractivity contribution in [3.8, 4) is 0 Å². The SMILES string of the molecule is Cc1nc(C2CC2)[nH]c(=O)c1C(=O)NC(C)(C)CCO. The van der Waals surface area contributed by atoms with E-state index in [9.17, 15) is 9.59 Å². The summed E-state index contributed by atoms with van der Waals surface area (Å²) in [6.07, 6.45) is 2.50. The highest BCUT2D eigenvalue weighted by atomic mass is 16.3. The third-order valence-corrected chi connectivity index (χ3v) is 3.50. The first-order valence-corrected chi connectivity index (χ1v) is 6.88. The second kappa shape index (κ2) is 5.36. The van der Waals surface area contributed by atoms with Gasteiger partial charge in [-0.25, -0.2) is 4.98 Å². The molecule has 1 aliphatic rings. The molecule has 1 heterocycles. The Morgan fingerprint density at radius 1 is 1.50 bits per heavy atom. The summed E-state index contributed by atoms with van der Waals surface area (Å²) in [7, 11) is 0. The minimum absolute atomic E-state index is 0.0263. The molecule has 1 amide bonds. The summed E-state index contributed by atoms with van der Waals surface area (Å²) in [4.78, 5) is 31.3. The number of aliphatic hydroxyl groups is 1. The predicted molar refractivity (Wildman–Crippen MR) is 74.8 cm³/mol. The molecule has 0 spiro atoms. The van der Waals surface area contributed by atoms with E-state index < -0.39 is 17.0 Å². The van der Waals surface area contributed by atoms with Crippen LogP contribution in [0.3, 0.4) is 0 Å². The largest absolute Gasteiger partial charge is 0.396 e. The maximum atomic E-state index is 12.2. The van der Waals surface area contributed by atoms with Gasteiger partial charge < -0.3 is 15.4 Å². The van der Waals surface area contributed by atoms with Crippen LogP contribution in [0.1, 0.15) is 60.9 Å². The Hall–Kier alpha value is -1.69. The Morgan fingerprint density at radius 3 is 2.65 bits per heavy atom. The molecule has 0 bridgehead atoms. The first kappa shape index (κ1) is 14.7. The lowest BCUT2D eigenvalue weighted by molar-refractivity contribution is 0.0896. The molecule has 0 radical (unpaired) electrons. The maximum absolute atomic E-state index is 12.2. The third kappa shape index (κ3) is 3.25. The van der Waals surface area contributed by atoms with Gasteiger partial charge in [0.2, 0.25) is 0 Å². The van der Waals surface area contributed by atoms with Crippen molar-refractivity contribution in [3.05, 3.63) is 27.4 Å². The molecule has 110 valence electrons. The third-order valence-electron chi connectivity index (χ3n) is 3.50. The van der Waals surface area contributed by atoms with Crippen LogP contribution in [0.15, 0.2) is 4.79 Å². The number of aliphatic hydroxyl groups excluding tert-OH is 1. The van der Waals surface area contributed by atoms with Crippen molar-refractivity contribution >= 4 is 5.91 Å². The fraction of sp³-hybridized carbons (Fsp3) is 0.643. The topological polar surface area (TPSA) is 95.1 Å². The summed E-state index contributed by atoms with van der Waals surface area (Å²) in [6, 6.07) is 0. The lowest BCUT2D eigenvalue weighted by Gasteiger charge is -2.25. The highest BCUT2D eigenvalue weighted by molar-refractivity contribution is 5.95. The molecule has 6 heteroatoms. The van der Waals surface area contributed by atoms with Crippen molar-refractivity contribution in [2.75, 3.05) is 6.61 Å². The average Bonchev–Trinajstić information content (AvgIpc) is 3.09. The van der Waals surface area contributed by atoms with Crippen LogP contribution in [0.25, 0.3) is 0 Å². The Labute approximate surface area is 117 Å². The van der Waals surface area contributed by atoms with Gasteiger partial charge in [0.15, 0.2) is 0 Å². The van der Waals surface area contributed by atoms with Crippen molar-refractivity contribution in [2.45, 2.75) is 51.5 Å². The molecule has 0 saturated heterocycles. The summed E-state index contributed by atoms with van der Waals surface area (Å²) < 4.78 is 0. The Morgan fingerprint density at radius 2 is 2.15 bits per heavy atom. The number of aromatic nitrogens is 2. The molecule has 6 nitrogen and oxygen atoms in total. The first-order valence-electron chi connectivity index (χ1n) is 6.88. The van der Waals surface area contributed by atoms with E-state index in [1.807, 2.05) is 0 Å². The normalized spacial score (nSPS) is 15.2. The van der Waals surface area contributed by atoms with Gasteiger partial charge >= 0.3 is 0 Å². The van der Waals surface area contributed by atoms with Crippen LogP contribution < -0.4 is 10.9 Å². The van der Waals surface area contributed by atoms with Crippen LogP contribution in [-0.2, 0) is 0 Å². The number of hydrogen-bond acceptors (Lipinski definition) is 4. The summed E-state index contributed by atoms with van der Waals surface area (Å²) in [5.41, 5.74) is -0.454. The summed E-state index contributed by atoms with van der Waals surface area (Å²) in [6.45, 7) is 5.25. The van der Waals surface area contributed by atoms with Gasteiger partial charge in [0.25, 0.3) is 11.5 Å². The van der Waals surface area contributed by atoms with Gasteiger partial charge in [-0.05, 0) is 40.0 Å². The number of nitrogens with zero attached hydrogens (tertiary/aromatic N) is 1. The number of hydrogen-bond donors (Lipinski definition) is 3. The predicted octanol–water partition coefficient (Wildman–Crippen LogP) is 0.847. The van der Waals surface area contributed by atoms with E-state index in [-0.39, 0.29) is 12.2 Å². The number of nitrogens with one attached hydrogen (secondary N) is 2. The molecule has 0 aliphatic heterocycles. The Balaban J connectivity index is 2.24. The number of carbonyl (C=O) groups excluding carboxylic acids is 1. The van der Waals surface area contributed by atoms with E-state index in [1.165, 1.54) is 0 Å². The zero-order valence-corrected chi connectivity index (χ0v) is 12.1. The molecule has 1 aromatic rings. The Kier molecular flexibility index (Phi) is 3.94. The average molecular weight is 279 g/mol. The van der Waals surface area contributed by atoms with Crippen molar-refractivity contribution in [2.24, 2.45) is 0 Å². The number of H-pyrrole nitrogens is 1. The quantitative estimate of drug-likeness (QED) is 0.744. The van der Waals surface area contributed by atoms with E-state index in [0.29, 0.717) is 23.9 Å². The lowest BCUT2D eigenvalue weighted by atomic mass is 10.0. The molecule has 1 aliphatic carbocycles. The molecule has 1 fully saturated rings. The highest BCUT2D eigenvalue weighted by Crippen LogP contribution is 2.37. The van der Waals surface area contributed by atoms with Gasteiger partial charge in [-0.1, -0.05) is 0 Å². The Bertz CT molecular complexity index is 574. The van der Waals surface area contributed by atoms with Crippen molar-refractivity contribution in [1.29, 1.82) is 0 Å². The molecule has 3 N–H and O–H groups in total. The van der Waals surface area contributed by atoms with E-state index in [4.69, 9.17) is 5.11 Å². The molecule has 0 aromatic carbocycles. The number of rotatable bonds is 5. The van der Waals surface area contributed by atoms with Crippen LogP contribution in [0.5, 0.6) is 0 Å². The van der Waals surface area contributed by atoms with Gasteiger partial charge in [-0.2, -0.15) is 0 Å². The molecule has 1 aromatic heterocycles. The van der Waals surface area contributed by atoms with Gasteiger partial charge in [0, 0.05) is 18.1 Å². The van der Waals surface area contributed by atoms with E-state index in [0.717, 1.165) is 12.8 Å². The summed E-state index contributed by atoms with van der Waals surface area (Å²) in [5.74, 6) is 0.569. The van der Waals surface area contributed by atoms with Gasteiger partial charge in [0.05, 0.1) is 5.69 Å². The summed E-state index contributed by atoms with van der Waals surface area (Å²) in [5, 5.41) is 11.7.